The topological polar surface area (TPSA) is 75.4 Å². The maximum absolute atomic E-state index is 13.1. The second-order valence-electron chi connectivity index (χ2n) is 5.06. The van der Waals surface area contributed by atoms with E-state index in [2.05, 4.69) is 5.32 Å². The van der Waals surface area contributed by atoms with E-state index in [1.807, 2.05) is 0 Å². The molecule has 1 aromatic rings. The van der Waals surface area contributed by atoms with Crippen molar-refractivity contribution >= 4 is 11.9 Å². The lowest BCUT2D eigenvalue weighted by atomic mass is 10.0. The first-order valence-electron chi connectivity index (χ1n) is 5.96. The van der Waals surface area contributed by atoms with Crippen molar-refractivity contribution in [1.29, 1.82) is 0 Å². The van der Waals surface area contributed by atoms with Gasteiger partial charge in [0, 0.05) is 6.54 Å². The number of hydrogen-bond donors (Lipinski definition) is 2. The maximum Gasteiger partial charge on any atom is 0.325 e. The number of nitrogens with two attached hydrogens (primary N) is 1. The third kappa shape index (κ3) is 2.44. The van der Waals surface area contributed by atoms with Crippen LogP contribution in [-0.2, 0) is 17.9 Å². The van der Waals surface area contributed by atoms with E-state index in [0.29, 0.717) is 11.1 Å². The van der Waals surface area contributed by atoms with E-state index in [-0.39, 0.29) is 24.8 Å². The molecule has 1 fully saturated rings. The summed E-state index contributed by atoms with van der Waals surface area (Å²) in [5.41, 5.74) is 5.90. The fourth-order valence-electron chi connectivity index (χ4n) is 2.07. The minimum atomic E-state index is -0.903. The average molecular weight is 265 g/mol. The summed E-state index contributed by atoms with van der Waals surface area (Å²) in [5.74, 6) is -0.688. The zero-order valence-electron chi connectivity index (χ0n) is 10.9. The Hall–Kier alpha value is -1.95. The molecular formula is C13H16FN3O2. The van der Waals surface area contributed by atoms with E-state index in [1.165, 1.54) is 12.1 Å². The molecule has 0 bridgehead atoms. The highest BCUT2D eigenvalue weighted by molar-refractivity contribution is 6.06. The van der Waals surface area contributed by atoms with Crippen LogP contribution in [-0.4, -0.2) is 22.4 Å². The molecule has 1 aliphatic heterocycles. The van der Waals surface area contributed by atoms with E-state index < -0.39 is 11.6 Å². The summed E-state index contributed by atoms with van der Waals surface area (Å²) >= 11 is 0. The first-order valence-corrected chi connectivity index (χ1v) is 5.96. The van der Waals surface area contributed by atoms with Crippen molar-refractivity contribution in [3.8, 4) is 0 Å². The fraction of sp³-hybridized carbons (Fsp3) is 0.385. The summed E-state index contributed by atoms with van der Waals surface area (Å²) in [6.07, 6.45) is 0. The Balaban J connectivity index is 2.27. The molecule has 102 valence electrons. The van der Waals surface area contributed by atoms with Gasteiger partial charge in [-0.05, 0) is 37.1 Å². The number of halogens is 1. The zero-order chi connectivity index (χ0) is 14.2. The van der Waals surface area contributed by atoms with Gasteiger partial charge in [-0.2, -0.15) is 0 Å². The Morgan fingerprint density at radius 1 is 1.32 bits per heavy atom. The van der Waals surface area contributed by atoms with Gasteiger partial charge in [-0.1, -0.05) is 6.07 Å². The number of hydrogen-bond acceptors (Lipinski definition) is 3. The van der Waals surface area contributed by atoms with Crippen molar-refractivity contribution in [2.24, 2.45) is 5.73 Å². The number of carbonyl (C=O) groups is 2. The van der Waals surface area contributed by atoms with Gasteiger partial charge in [0.15, 0.2) is 0 Å². The quantitative estimate of drug-likeness (QED) is 0.804. The predicted molar refractivity (Wildman–Crippen MR) is 67.5 cm³/mol. The van der Waals surface area contributed by atoms with Crippen molar-refractivity contribution in [3.63, 3.8) is 0 Å². The third-order valence-electron chi connectivity index (χ3n) is 3.16. The lowest BCUT2D eigenvalue weighted by Crippen LogP contribution is -2.40. The number of imide groups is 1. The minimum Gasteiger partial charge on any atom is -0.326 e. The molecule has 0 aromatic heterocycles. The second kappa shape index (κ2) is 4.62. The highest BCUT2D eigenvalue weighted by Gasteiger charge is 2.44. The van der Waals surface area contributed by atoms with Crippen LogP contribution in [0.15, 0.2) is 18.2 Å². The van der Waals surface area contributed by atoms with Gasteiger partial charge in [-0.25, -0.2) is 9.18 Å². The number of benzene rings is 1. The first kappa shape index (κ1) is 13.5. The number of carbonyl (C=O) groups excluding carboxylic acids is 2. The lowest BCUT2D eigenvalue weighted by Gasteiger charge is -2.17. The van der Waals surface area contributed by atoms with Crippen LogP contribution in [0, 0.1) is 5.82 Å². The third-order valence-corrected chi connectivity index (χ3v) is 3.16. The van der Waals surface area contributed by atoms with E-state index in [0.717, 1.165) is 4.90 Å². The highest BCUT2D eigenvalue weighted by Crippen LogP contribution is 2.21. The summed E-state index contributed by atoms with van der Waals surface area (Å²) < 4.78 is 13.1. The van der Waals surface area contributed by atoms with Gasteiger partial charge in [0.05, 0.1) is 6.54 Å². The second-order valence-corrected chi connectivity index (χ2v) is 5.06. The van der Waals surface area contributed by atoms with Crippen molar-refractivity contribution in [2.45, 2.75) is 32.5 Å². The largest absolute Gasteiger partial charge is 0.326 e. The van der Waals surface area contributed by atoms with Crippen LogP contribution in [0.1, 0.15) is 25.0 Å². The molecule has 3 amide bonds. The normalized spacial score (nSPS) is 17.8. The number of rotatable bonds is 3. The molecule has 0 atom stereocenters. The van der Waals surface area contributed by atoms with E-state index in [4.69, 9.17) is 5.73 Å². The summed E-state index contributed by atoms with van der Waals surface area (Å²) in [4.78, 5) is 24.9. The molecule has 0 saturated carbocycles. The lowest BCUT2D eigenvalue weighted by molar-refractivity contribution is -0.130. The fourth-order valence-corrected chi connectivity index (χ4v) is 2.07. The molecule has 19 heavy (non-hydrogen) atoms. The van der Waals surface area contributed by atoms with Gasteiger partial charge in [-0.3, -0.25) is 9.69 Å². The van der Waals surface area contributed by atoms with E-state index in [9.17, 15) is 14.0 Å². The molecule has 1 aromatic carbocycles. The Bertz CT molecular complexity index is 543. The molecular weight excluding hydrogens is 249 g/mol. The molecule has 0 radical (unpaired) electrons. The van der Waals surface area contributed by atoms with Gasteiger partial charge in [0.2, 0.25) is 0 Å². The van der Waals surface area contributed by atoms with Gasteiger partial charge < -0.3 is 11.1 Å². The van der Waals surface area contributed by atoms with Crippen molar-refractivity contribution in [2.75, 3.05) is 0 Å². The Kier molecular flexibility index (Phi) is 3.28. The summed E-state index contributed by atoms with van der Waals surface area (Å²) in [6, 6.07) is 3.71. The van der Waals surface area contributed by atoms with Crippen LogP contribution < -0.4 is 11.1 Å². The Morgan fingerprint density at radius 3 is 2.53 bits per heavy atom. The molecule has 0 unspecified atom stereocenters. The van der Waals surface area contributed by atoms with Gasteiger partial charge in [0.1, 0.15) is 11.4 Å². The summed E-state index contributed by atoms with van der Waals surface area (Å²) in [5, 5.41) is 2.59. The molecule has 1 aliphatic rings. The highest BCUT2D eigenvalue weighted by atomic mass is 19.1. The minimum absolute atomic E-state index is 0.0981. The standard InChI is InChI=1S/C13H16FN3O2/c1-13(2)11(18)17(12(19)16-13)7-8-3-4-10(14)5-9(8)6-15/h3-5H,6-7,15H2,1-2H3,(H,16,19). The molecule has 0 aliphatic carbocycles. The predicted octanol–water partition coefficient (Wildman–Crippen LogP) is 1.11. The molecule has 1 heterocycles. The van der Waals surface area contributed by atoms with E-state index in [1.54, 1.807) is 19.9 Å². The SMILES string of the molecule is CC1(C)NC(=O)N(Cc2ccc(F)cc2CN)C1=O. The van der Waals surface area contributed by atoms with Gasteiger partial charge >= 0.3 is 6.03 Å². The number of urea groups is 1. The smallest absolute Gasteiger partial charge is 0.325 e. The number of nitrogens with one attached hydrogen (secondary N) is 1. The molecule has 0 spiro atoms. The van der Waals surface area contributed by atoms with E-state index >= 15 is 0 Å². The maximum atomic E-state index is 13.1. The first-order chi connectivity index (χ1) is 8.85. The molecule has 5 nitrogen and oxygen atoms in total. The van der Waals surface area contributed by atoms with Gasteiger partial charge in [0.25, 0.3) is 5.91 Å². The Labute approximate surface area is 110 Å². The van der Waals surface area contributed by atoms with Crippen molar-refractivity contribution in [1.82, 2.24) is 10.2 Å². The molecule has 2 rings (SSSR count). The summed E-state index contributed by atoms with van der Waals surface area (Å²) in [7, 11) is 0. The average Bonchev–Trinajstić information content (AvgIpc) is 2.53. The van der Waals surface area contributed by atoms with Crippen LogP contribution in [0.3, 0.4) is 0 Å². The van der Waals surface area contributed by atoms with Crippen LogP contribution >= 0.6 is 0 Å². The molecule has 3 N–H and O–H groups in total. The Morgan fingerprint density at radius 2 is 2.00 bits per heavy atom. The van der Waals surface area contributed by atoms with Crippen LogP contribution in [0.4, 0.5) is 9.18 Å². The number of nitrogens with zero attached hydrogens (tertiary/aromatic N) is 1. The van der Waals surface area contributed by atoms with Crippen LogP contribution in [0.25, 0.3) is 0 Å². The van der Waals surface area contributed by atoms with Gasteiger partial charge in [-0.15, -0.1) is 0 Å². The summed E-state index contributed by atoms with van der Waals surface area (Å²) in [6.45, 7) is 3.53. The number of amides is 3. The molecule has 6 heteroatoms. The van der Waals surface area contributed by atoms with Crippen molar-refractivity contribution in [3.05, 3.63) is 35.1 Å². The van der Waals surface area contributed by atoms with Crippen LogP contribution in [0.5, 0.6) is 0 Å². The molecule has 1 saturated heterocycles. The zero-order valence-corrected chi connectivity index (χ0v) is 10.9. The monoisotopic (exact) mass is 265 g/mol. The van der Waals surface area contributed by atoms with Crippen molar-refractivity contribution < 1.29 is 14.0 Å². The van der Waals surface area contributed by atoms with Crippen LogP contribution in [0.2, 0.25) is 0 Å².